The Bertz CT molecular complexity index is 1110. The van der Waals surface area contributed by atoms with Crippen LogP contribution in [0.25, 0.3) is 21.3 Å². The van der Waals surface area contributed by atoms with Crippen molar-refractivity contribution < 1.29 is 9.53 Å². The predicted octanol–water partition coefficient (Wildman–Crippen LogP) is 4.15. The van der Waals surface area contributed by atoms with Gasteiger partial charge < -0.3 is 4.74 Å². The Morgan fingerprint density at radius 3 is 2.76 bits per heavy atom. The van der Waals surface area contributed by atoms with Gasteiger partial charge in [0.2, 0.25) is 0 Å². The minimum atomic E-state index is -0.382. The van der Waals surface area contributed by atoms with E-state index in [0.29, 0.717) is 26.9 Å². The van der Waals surface area contributed by atoms with Crippen molar-refractivity contribution >= 4 is 55.2 Å². The molecule has 0 saturated carbocycles. The van der Waals surface area contributed by atoms with E-state index in [4.69, 9.17) is 16.3 Å². The summed E-state index contributed by atoms with van der Waals surface area (Å²) in [6, 6.07) is 10.8. The summed E-state index contributed by atoms with van der Waals surface area (Å²) in [6.45, 7) is 0. The molecule has 0 atom stereocenters. The number of rotatable bonds is 3. The molecule has 0 spiro atoms. The molecule has 0 aliphatic carbocycles. The summed E-state index contributed by atoms with van der Waals surface area (Å²) in [7, 11) is 1.56. The third kappa shape index (κ3) is 2.88. The summed E-state index contributed by atoms with van der Waals surface area (Å²) in [6.07, 6.45) is 1.44. The first-order valence-corrected chi connectivity index (χ1v) is 8.51. The minimum Gasteiger partial charge on any atom is -0.494 e. The molecule has 0 aliphatic rings. The SMILES string of the molecule is COc1ccc(Cl)c2sc(NC(=O)c3cnc4ccccc4n3)nc12. The number of nitrogens with one attached hydrogen (secondary N) is 1. The van der Waals surface area contributed by atoms with Crippen LogP contribution in [0.15, 0.2) is 42.6 Å². The van der Waals surface area contributed by atoms with Gasteiger partial charge in [-0.3, -0.25) is 15.1 Å². The molecule has 2 aromatic carbocycles. The summed E-state index contributed by atoms with van der Waals surface area (Å²) in [5, 5.41) is 3.72. The topological polar surface area (TPSA) is 77.0 Å². The Hall–Kier alpha value is -2.77. The average Bonchev–Trinajstić information content (AvgIpc) is 3.06. The van der Waals surface area contributed by atoms with Crippen molar-refractivity contribution in [1.29, 1.82) is 0 Å². The van der Waals surface area contributed by atoms with Gasteiger partial charge in [0.15, 0.2) is 5.13 Å². The number of aromatic nitrogens is 3. The van der Waals surface area contributed by atoms with Gasteiger partial charge in [0, 0.05) is 0 Å². The van der Waals surface area contributed by atoms with E-state index >= 15 is 0 Å². The fourth-order valence-corrected chi connectivity index (χ4v) is 3.55. The average molecular weight is 371 g/mol. The van der Waals surface area contributed by atoms with E-state index in [1.54, 1.807) is 25.3 Å². The number of fused-ring (bicyclic) bond motifs is 2. The number of hydrogen-bond acceptors (Lipinski definition) is 6. The van der Waals surface area contributed by atoms with Crippen LogP contribution in [-0.4, -0.2) is 28.0 Å². The van der Waals surface area contributed by atoms with Crippen LogP contribution in [0.3, 0.4) is 0 Å². The molecule has 6 nitrogen and oxygen atoms in total. The first kappa shape index (κ1) is 15.7. The molecule has 8 heteroatoms. The molecule has 124 valence electrons. The highest BCUT2D eigenvalue weighted by Crippen LogP contribution is 2.37. The highest BCUT2D eigenvalue weighted by molar-refractivity contribution is 7.23. The molecule has 1 amide bonds. The second-order valence-electron chi connectivity index (χ2n) is 5.14. The van der Waals surface area contributed by atoms with Crippen LogP contribution in [0, 0.1) is 0 Å². The Morgan fingerprint density at radius 2 is 1.96 bits per heavy atom. The molecule has 4 aromatic rings. The third-order valence-corrected chi connectivity index (χ3v) is 5.01. The lowest BCUT2D eigenvalue weighted by Gasteiger charge is -2.02. The summed E-state index contributed by atoms with van der Waals surface area (Å²) in [5.74, 6) is 0.217. The van der Waals surface area contributed by atoms with Crippen LogP contribution in [-0.2, 0) is 0 Å². The lowest BCUT2D eigenvalue weighted by molar-refractivity contribution is 0.102. The zero-order valence-electron chi connectivity index (χ0n) is 13.0. The normalized spacial score (nSPS) is 11.0. The number of benzene rings is 2. The first-order chi connectivity index (χ1) is 12.2. The van der Waals surface area contributed by atoms with Crippen LogP contribution in [0.5, 0.6) is 5.75 Å². The molecule has 0 bridgehead atoms. The molecule has 2 heterocycles. The molecular formula is C17H11ClN4O2S. The van der Waals surface area contributed by atoms with Gasteiger partial charge in [-0.1, -0.05) is 35.1 Å². The molecule has 0 saturated heterocycles. The number of anilines is 1. The van der Waals surface area contributed by atoms with Crippen LogP contribution in [0.1, 0.15) is 10.5 Å². The minimum absolute atomic E-state index is 0.219. The van der Waals surface area contributed by atoms with Crippen molar-refractivity contribution in [2.24, 2.45) is 0 Å². The number of methoxy groups -OCH3 is 1. The maximum absolute atomic E-state index is 12.5. The quantitative estimate of drug-likeness (QED) is 0.586. The number of carbonyl (C=O) groups excluding carboxylic acids is 1. The van der Waals surface area contributed by atoms with Crippen molar-refractivity contribution in [3.8, 4) is 5.75 Å². The highest BCUT2D eigenvalue weighted by Gasteiger charge is 2.16. The number of nitrogens with zero attached hydrogens (tertiary/aromatic N) is 3. The number of amides is 1. The van der Waals surface area contributed by atoms with Crippen LogP contribution < -0.4 is 10.1 Å². The molecule has 0 unspecified atom stereocenters. The van der Waals surface area contributed by atoms with Crippen molar-refractivity contribution in [2.75, 3.05) is 12.4 Å². The fraction of sp³-hybridized carbons (Fsp3) is 0.0588. The van der Waals surface area contributed by atoms with E-state index in [-0.39, 0.29) is 11.6 Å². The van der Waals surface area contributed by atoms with E-state index in [1.807, 2.05) is 18.2 Å². The lowest BCUT2D eigenvalue weighted by atomic mass is 10.3. The van der Waals surface area contributed by atoms with Gasteiger partial charge >= 0.3 is 0 Å². The van der Waals surface area contributed by atoms with E-state index < -0.39 is 0 Å². The van der Waals surface area contributed by atoms with Gasteiger partial charge in [0.25, 0.3) is 5.91 Å². The van der Waals surface area contributed by atoms with E-state index in [9.17, 15) is 4.79 Å². The molecule has 0 radical (unpaired) electrons. The molecule has 2 aromatic heterocycles. The molecule has 0 fully saturated rings. The summed E-state index contributed by atoms with van der Waals surface area (Å²) >= 11 is 7.47. The van der Waals surface area contributed by atoms with Crippen LogP contribution >= 0.6 is 22.9 Å². The van der Waals surface area contributed by atoms with Gasteiger partial charge in [-0.2, -0.15) is 0 Å². The number of halogens is 1. The largest absolute Gasteiger partial charge is 0.494 e. The maximum atomic E-state index is 12.5. The highest BCUT2D eigenvalue weighted by atomic mass is 35.5. The standard InChI is InChI=1S/C17H11ClN4O2S/c1-24-13-7-6-9(18)15-14(13)21-17(25-15)22-16(23)12-8-19-10-4-2-3-5-11(10)20-12/h2-8H,1H3,(H,21,22,23). The van der Waals surface area contributed by atoms with E-state index in [1.165, 1.54) is 17.5 Å². The van der Waals surface area contributed by atoms with Crippen molar-refractivity contribution in [3.05, 3.63) is 53.3 Å². The predicted molar refractivity (Wildman–Crippen MR) is 98.7 cm³/mol. The zero-order chi connectivity index (χ0) is 17.4. The fourth-order valence-electron chi connectivity index (χ4n) is 2.40. The van der Waals surface area contributed by atoms with Gasteiger partial charge in [0.05, 0.1) is 34.1 Å². The van der Waals surface area contributed by atoms with Crippen LogP contribution in [0.4, 0.5) is 5.13 Å². The molecular weight excluding hydrogens is 360 g/mol. The summed E-state index contributed by atoms with van der Waals surface area (Å²) in [4.78, 5) is 25.4. The summed E-state index contributed by atoms with van der Waals surface area (Å²) < 4.78 is 6.03. The van der Waals surface area contributed by atoms with Gasteiger partial charge in [-0.05, 0) is 24.3 Å². The van der Waals surface area contributed by atoms with E-state index in [2.05, 4.69) is 20.3 Å². The Kier molecular flexibility index (Phi) is 3.95. The smallest absolute Gasteiger partial charge is 0.277 e. The molecule has 0 aliphatic heterocycles. The monoisotopic (exact) mass is 370 g/mol. The number of hydrogen-bond donors (Lipinski definition) is 1. The van der Waals surface area contributed by atoms with Gasteiger partial charge in [-0.25, -0.2) is 9.97 Å². The second kappa shape index (κ2) is 6.27. The first-order valence-electron chi connectivity index (χ1n) is 7.32. The Balaban J connectivity index is 1.67. The Labute approximate surface area is 151 Å². The maximum Gasteiger partial charge on any atom is 0.277 e. The number of ether oxygens (including phenoxy) is 1. The summed E-state index contributed by atoms with van der Waals surface area (Å²) in [5.41, 5.74) is 2.22. The van der Waals surface area contributed by atoms with Gasteiger partial charge in [-0.15, -0.1) is 0 Å². The molecule has 4 rings (SSSR count). The Morgan fingerprint density at radius 1 is 1.16 bits per heavy atom. The zero-order valence-corrected chi connectivity index (χ0v) is 14.6. The second-order valence-corrected chi connectivity index (χ2v) is 6.55. The lowest BCUT2D eigenvalue weighted by Crippen LogP contribution is -2.13. The van der Waals surface area contributed by atoms with Crippen molar-refractivity contribution in [2.45, 2.75) is 0 Å². The van der Waals surface area contributed by atoms with Crippen molar-refractivity contribution in [3.63, 3.8) is 0 Å². The number of para-hydroxylation sites is 2. The molecule has 25 heavy (non-hydrogen) atoms. The number of carbonyl (C=O) groups is 1. The van der Waals surface area contributed by atoms with E-state index in [0.717, 1.165) is 10.2 Å². The van der Waals surface area contributed by atoms with Gasteiger partial charge in [0.1, 0.15) is 17.0 Å². The molecule has 1 N–H and O–H groups in total. The third-order valence-electron chi connectivity index (χ3n) is 3.58. The van der Waals surface area contributed by atoms with Crippen molar-refractivity contribution in [1.82, 2.24) is 15.0 Å². The number of thiazole rings is 1. The van der Waals surface area contributed by atoms with Crippen LogP contribution in [0.2, 0.25) is 5.02 Å².